The minimum absolute atomic E-state index is 0.460. The molecule has 0 radical (unpaired) electrons. The lowest BCUT2D eigenvalue weighted by Crippen LogP contribution is -2.16. The third kappa shape index (κ3) is 3.94. The van der Waals surface area contributed by atoms with Gasteiger partial charge in [-0.1, -0.05) is 40.5 Å². The molecule has 0 spiro atoms. The van der Waals surface area contributed by atoms with E-state index in [1.165, 1.54) is 31.4 Å². The summed E-state index contributed by atoms with van der Waals surface area (Å²) >= 11 is 0. The molecule has 1 saturated carbocycles. The van der Waals surface area contributed by atoms with E-state index >= 15 is 0 Å². The number of nitrogens with zero attached hydrogens (tertiary/aromatic N) is 2. The van der Waals surface area contributed by atoms with Crippen molar-refractivity contribution < 1.29 is 0 Å². The molecular formula is C17H29N3. The number of nitrogens with one attached hydrogen (secondary N) is 1. The molecule has 3 heteroatoms. The third-order valence-electron chi connectivity index (χ3n) is 4.29. The van der Waals surface area contributed by atoms with E-state index in [-0.39, 0.29) is 0 Å². The zero-order valence-electron chi connectivity index (χ0n) is 13.4. The van der Waals surface area contributed by atoms with Crippen LogP contribution in [0.4, 0.5) is 5.82 Å². The summed E-state index contributed by atoms with van der Waals surface area (Å²) in [4.78, 5) is 9.62. The number of anilines is 1. The fraction of sp³-hybridized carbons (Fsp3) is 0.765. The second kappa shape index (κ2) is 7.05. The van der Waals surface area contributed by atoms with Gasteiger partial charge in [-0.15, -0.1) is 0 Å². The Kier molecular flexibility index (Phi) is 5.38. The van der Waals surface area contributed by atoms with Crippen molar-refractivity contribution in [2.24, 2.45) is 5.92 Å². The highest BCUT2D eigenvalue weighted by atomic mass is 15.0. The summed E-state index contributed by atoms with van der Waals surface area (Å²) in [6, 6.07) is 2.12. The van der Waals surface area contributed by atoms with Gasteiger partial charge in [0.1, 0.15) is 11.6 Å². The fourth-order valence-corrected chi connectivity index (χ4v) is 2.83. The Morgan fingerprint density at radius 1 is 1.20 bits per heavy atom. The molecule has 1 heterocycles. The maximum Gasteiger partial charge on any atom is 0.134 e. The Morgan fingerprint density at radius 3 is 2.50 bits per heavy atom. The summed E-state index contributed by atoms with van der Waals surface area (Å²) in [6.45, 7) is 9.93. The second-order valence-corrected chi connectivity index (χ2v) is 6.57. The molecule has 0 amide bonds. The minimum atomic E-state index is 0.460. The fourth-order valence-electron chi connectivity index (χ4n) is 2.83. The molecule has 1 aliphatic rings. The summed E-state index contributed by atoms with van der Waals surface area (Å²) in [6.07, 6.45) is 6.25. The lowest BCUT2D eigenvalue weighted by molar-refractivity contribution is 0.339. The molecule has 0 bridgehead atoms. The number of hydrogen-bond donors (Lipinski definition) is 1. The van der Waals surface area contributed by atoms with Gasteiger partial charge in [0, 0.05) is 24.2 Å². The molecule has 1 N–H and O–H groups in total. The van der Waals surface area contributed by atoms with Crippen molar-refractivity contribution in [3.8, 4) is 0 Å². The zero-order chi connectivity index (χ0) is 14.5. The first-order chi connectivity index (χ1) is 9.60. The average Bonchev–Trinajstić information content (AvgIpc) is 2.45. The Bertz CT molecular complexity index is 420. The summed E-state index contributed by atoms with van der Waals surface area (Å²) in [5.41, 5.74) is 1.17. The van der Waals surface area contributed by atoms with Gasteiger partial charge in [0.05, 0.1) is 0 Å². The Balaban J connectivity index is 2.19. The molecule has 0 aromatic carbocycles. The zero-order valence-corrected chi connectivity index (χ0v) is 13.4. The van der Waals surface area contributed by atoms with Crippen molar-refractivity contribution in [1.29, 1.82) is 0 Å². The van der Waals surface area contributed by atoms with Crippen LogP contribution < -0.4 is 5.32 Å². The minimum Gasteiger partial charge on any atom is -0.370 e. The van der Waals surface area contributed by atoms with E-state index in [0.29, 0.717) is 11.8 Å². The van der Waals surface area contributed by atoms with Crippen molar-refractivity contribution in [3.63, 3.8) is 0 Å². The maximum absolute atomic E-state index is 4.84. The lowest BCUT2D eigenvalue weighted by Gasteiger charge is -2.26. The predicted molar refractivity (Wildman–Crippen MR) is 85.3 cm³/mol. The highest BCUT2D eigenvalue weighted by molar-refractivity contribution is 5.37. The normalized spacial score (nSPS) is 23.1. The van der Waals surface area contributed by atoms with Gasteiger partial charge in [-0.2, -0.15) is 0 Å². The molecule has 1 aromatic heterocycles. The van der Waals surface area contributed by atoms with Crippen LogP contribution in [-0.4, -0.2) is 16.5 Å². The van der Waals surface area contributed by atoms with Gasteiger partial charge < -0.3 is 5.32 Å². The molecule has 1 aliphatic carbocycles. The first-order valence-corrected chi connectivity index (χ1v) is 8.22. The molecule has 0 aliphatic heterocycles. The van der Waals surface area contributed by atoms with Crippen LogP contribution in [0.25, 0.3) is 0 Å². The average molecular weight is 275 g/mol. The number of rotatable bonds is 5. The molecule has 1 fully saturated rings. The predicted octanol–water partition coefficient (Wildman–Crippen LogP) is 4.72. The quantitative estimate of drug-likeness (QED) is 0.845. The molecule has 0 atom stereocenters. The van der Waals surface area contributed by atoms with Crippen LogP contribution in [0.5, 0.6) is 0 Å². The van der Waals surface area contributed by atoms with Gasteiger partial charge in [-0.3, -0.25) is 0 Å². The van der Waals surface area contributed by atoms with Crippen molar-refractivity contribution in [1.82, 2.24) is 9.97 Å². The van der Waals surface area contributed by atoms with Gasteiger partial charge in [0.25, 0.3) is 0 Å². The molecule has 112 valence electrons. The highest BCUT2D eigenvalue weighted by Crippen LogP contribution is 2.34. The second-order valence-electron chi connectivity index (χ2n) is 6.57. The van der Waals surface area contributed by atoms with E-state index in [1.54, 1.807) is 0 Å². The third-order valence-corrected chi connectivity index (χ3v) is 4.29. The molecule has 0 unspecified atom stereocenters. The molecule has 0 saturated heterocycles. The summed E-state index contributed by atoms with van der Waals surface area (Å²) in [5, 5.41) is 3.43. The number of hydrogen-bond acceptors (Lipinski definition) is 3. The Morgan fingerprint density at radius 2 is 1.90 bits per heavy atom. The summed E-state index contributed by atoms with van der Waals surface area (Å²) in [7, 11) is 0. The van der Waals surface area contributed by atoms with Crippen LogP contribution in [0, 0.1) is 5.92 Å². The van der Waals surface area contributed by atoms with E-state index in [2.05, 4.69) is 39.1 Å². The van der Waals surface area contributed by atoms with Crippen LogP contribution >= 0.6 is 0 Å². The standard InChI is InChI=1S/C17H29N3/c1-5-10-18-16-11-15(12(2)3)19-17(20-16)14-8-6-13(4)7-9-14/h11-14H,5-10H2,1-4H3,(H,18,19,20). The summed E-state index contributed by atoms with van der Waals surface area (Å²) < 4.78 is 0. The topological polar surface area (TPSA) is 37.8 Å². The first-order valence-electron chi connectivity index (χ1n) is 8.22. The Labute approximate surface area is 123 Å². The maximum atomic E-state index is 4.84. The van der Waals surface area contributed by atoms with E-state index in [1.807, 2.05) is 0 Å². The smallest absolute Gasteiger partial charge is 0.134 e. The molecule has 1 aromatic rings. The van der Waals surface area contributed by atoms with Crippen LogP contribution in [-0.2, 0) is 0 Å². The molecular weight excluding hydrogens is 246 g/mol. The molecule has 3 nitrogen and oxygen atoms in total. The van der Waals surface area contributed by atoms with Crippen LogP contribution in [0.15, 0.2) is 6.07 Å². The largest absolute Gasteiger partial charge is 0.370 e. The lowest BCUT2D eigenvalue weighted by atomic mass is 9.82. The van der Waals surface area contributed by atoms with E-state index < -0.39 is 0 Å². The van der Waals surface area contributed by atoms with Crippen molar-refractivity contribution in [3.05, 3.63) is 17.6 Å². The highest BCUT2D eigenvalue weighted by Gasteiger charge is 2.23. The van der Waals surface area contributed by atoms with Gasteiger partial charge in [-0.05, 0) is 31.1 Å². The van der Waals surface area contributed by atoms with Gasteiger partial charge in [0.2, 0.25) is 0 Å². The van der Waals surface area contributed by atoms with E-state index in [9.17, 15) is 0 Å². The van der Waals surface area contributed by atoms with Crippen molar-refractivity contribution in [2.45, 2.75) is 71.6 Å². The number of aromatic nitrogens is 2. The monoisotopic (exact) mass is 275 g/mol. The van der Waals surface area contributed by atoms with Crippen LogP contribution in [0.3, 0.4) is 0 Å². The van der Waals surface area contributed by atoms with E-state index in [4.69, 9.17) is 9.97 Å². The van der Waals surface area contributed by atoms with Crippen molar-refractivity contribution >= 4 is 5.82 Å². The van der Waals surface area contributed by atoms with Gasteiger partial charge in [-0.25, -0.2) is 9.97 Å². The first kappa shape index (κ1) is 15.3. The van der Waals surface area contributed by atoms with Crippen LogP contribution in [0.1, 0.15) is 83.2 Å². The van der Waals surface area contributed by atoms with Crippen LogP contribution in [0.2, 0.25) is 0 Å². The molecule has 20 heavy (non-hydrogen) atoms. The summed E-state index contributed by atoms with van der Waals surface area (Å²) in [5.74, 6) is 3.98. The van der Waals surface area contributed by atoms with Crippen molar-refractivity contribution in [2.75, 3.05) is 11.9 Å². The van der Waals surface area contributed by atoms with Gasteiger partial charge >= 0.3 is 0 Å². The van der Waals surface area contributed by atoms with Gasteiger partial charge in [0.15, 0.2) is 0 Å². The Hall–Kier alpha value is -1.12. The van der Waals surface area contributed by atoms with E-state index in [0.717, 1.165) is 30.5 Å². The SMILES string of the molecule is CCCNc1cc(C(C)C)nc(C2CCC(C)CC2)n1. The molecule has 2 rings (SSSR count).